The first-order chi connectivity index (χ1) is 10.4. The van der Waals surface area contributed by atoms with Crippen molar-refractivity contribution in [2.45, 2.75) is 32.4 Å². The van der Waals surface area contributed by atoms with Gasteiger partial charge in [-0.2, -0.15) is 0 Å². The quantitative estimate of drug-likeness (QED) is 0.858. The molecular formula is C18H25N3. The number of hydrogen-bond acceptors (Lipinski definition) is 2. The Balaban J connectivity index is 1.41. The third-order valence-electron chi connectivity index (χ3n) is 5.10. The largest absolute Gasteiger partial charge is 0.342 e. The molecule has 0 bridgehead atoms. The molecule has 1 aromatic heterocycles. The van der Waals surface area contributed by atoms with Gasteiger partial charge in [0.1, 0.15) is 0 Å². The molecule has 1 aromatic carbocycles. The minimum absolute atomic E-state index is 1.11. The molecule has 0 amide bonds. The molecule has 0 N–H and O–H groups in total. The van der Waals surface area contributed by atoms with Crippen LogP contribution in [-0.2, 0) is 13.1 Å². The Kier molecular flexibility index (Phi) is 3.70. The summed E-state index contributed by atoms with van der Waals surface area (Å²) in [6.45, 7) is 8.55. The van der Waals surface area contributed by atoms with Gasteiger partial charge in [0.05, 0.1) is 0 Å². The molecule has 0 spiro atoms. The smallest absolute Gasteiger partial charge is 0.0483 e. The van der Waals surface area contributed by atoms with E-state index >= 15 is 0 Å². The van der Waals surface area contributed by atoms with Crippen molar-refractivity contribution in [2.75, 3.05) is 32.7 Å². The standard InChI is InChI=1S/C18H25N3/c1-4-8-19(9-5-1)10-11-20-12-13-21-17(15-20)14-16-6-2-3-7-18(16)21/h2-3,6-7,14H,1,4-5,8-13,15H2. The van der Waals surface area contributed by atoms with E-state index in [4.69, 9.17) is 0 Å². The lowest BCUT2D eigenvalue weighted by Gasteiger charge is -2.32. The second-order valence-electron chi connectivity index (χ2n) is 6.52. The Hall–Kier alpha value is -1.32. The summed E-state index contributed by atoms with van der Waals surface area (Å²) in [5.74, 6) is 0. The maximum Gasteiger partial charge on any atom is 0.0483 e. The molecule has 4 rings (SSSR count). The lowest BCUT2D eigenvalue weighted by Crippen LogP contribution is -2.40. The number of hydrogen-bond donors (Lipinski definition) is 0. The maximum atomic E-state index is 2.65. The van der Waals surface area contributed by atoms with Crippen LogP contribution in [0.4, 0.5) is 0 Å². The number of piperidine rings is 1. The highest BCUT2D eigenvalue weighted by Gasteiger charge is 2.19. The molecule has 0 saturated carbocycles. The summed E-state index contributed by atoms with van der Waals surface area (Å²) < 4.78 is 2.51. The van der Waals surface area contributed by atoms with E-state index in [0.717, 1.165) is 13.1 Å². The van der Waals surface area contributed by atoms with Crippen LogP contribution < -0.4 is 0 Å². The number of nitrogens with zero attached hydrogens (tertiary/aromatic N) is 3. The summed E-state index contributed by atoms with van der Waals surface area (Å²) in [7, 11) is 0. The molecule has 1 fully saturated rings. The zero-order valence-electron chi connectivity index (χ0n) is 12.8. The van der Waals surface area contributed by atoms with Gasteiger partial charge in [-0.1, -0.05) is 24.6 Å². The van der Waals surface area contributed by atoms with Gasteiger partial charge >= 0.3 is 0 Å². The lowest BCUT2D eigenvalue weighted by atomic mass is 10.1. The molecule has 2 aliphatic heterocycles. The van der Waals surface area contributed by atoms with Crippen LogP contribution in [-0.4, -0.2) is 47.1 Å². The topological polar surface area (TPSA) is 11.4 Å². The van der Waals surface area contributed by atoms with E-state index in [1.54, 1.807) is 0 Å². The molecule has 1 saturated heterocycles. The van der Waals surface area contributed by atoms with E-state index in [1.807, 2.05) is 0 Å². The Morgan fingerprint density at radius 3 is 2.52 bits per heavy atom. The number of benzene rings is 1. The molecule has 0 radical (unpaired) electrons. The Bertz CT molecular complexity index is 610. The van der Waals surface area contributed by atoms with Gasteiger partial charge in [-0.25, -0.2) is 0 Å². The van der Waals surface area contributed by atoms with Crippen LogP contribution in [0, 0.1) is 0 Å². The molecule has 21 heavy (non-hydrogen) atoms. The number of fused-ring (bicyclic) bond motifs is 3. The Morgan fingerprint density at radius 2 is 1.62 bits per heavy atom. The van der Waals surface area contributed by atoms with Gasteiger partial charge in [-0.15, -0.1) is 0 Å². The van der Waals surface area contributed by atoms with Crippen molar-refractivity contribution >= 4 is 10.9 Å². The SMILES string of the molecule is c1ccc2c(c1)cc1n2CCN(CCN2CCCCC2)C1. The van der Waals surface area contributed by atoms with Gasteiger partial charge in [-0.05, 0) is 43.5 Å². The minimum atomic E-state index is 1.11. The molecule has 3 nitrogen and oxygen atoms in total. The van der Waals surface area contributed by atoms with Crippen LogP contribution in [0.2, 0.25) is 0 Å². The number of aromatic nitrogens is 1. The summed E-state index contributed by atoms with van der Waals surface area (Å²) in [6, 6.07) is 11.2. The highest BCUT2D eigenvalue weighted by atomic mass is 15.2. The van der Waals surface area contributed by atoms with E-state index in [2.05, 4.69) is 44.7 Å². The first-order valence-corrected chi connectivity index (χ1v) is 8.42. The van der Waals surface area contributed by atoms with Gasteiger partial charge in [-0.3, -0.25) is 4.90 Å². The van der Waals surface area contributed by atoms with Gasteiger partial charge in [0.2, 0.25) is 0 Å². The van der Waals surface area contributed by atoms with Crippen molar-refractivity contribution in [1.29, 1.82) is 0 Å². The average molecular weight is 283 g/mol. The van der Waals surface area contributed by atoms with Crippen LogP contribution in [0.3, 0.4) is 0 Å². The molecule has 0 atom stereocenters. The monoisotopic (exact) mass is 283 g/mol. The van der Waals surface area contributed by atoms with E-state index in [0.29, 0.717) is 0 Å². The summed E-state index contributed by atoms with van der Waals surface area (Å²) in [4.78, 5) is 5.27. The second kappa shape index (κ2) is 5.82. The Morgan fingerprint density at radius 1 is 0.810 bits per heavy atom. The third-order valence-corrected chi connectivity index (χ3v) is 5.10. The van der Waals surface area contributed by atoms with Crippen molar-refractivity contribution in [2.24, 2.45) is 0 Å². The van der Waals surface area contributed by atoms with Crippen molar-refractivity contribution in [3.63, 3.8) is 0 Å². The molecule has 2 aliphatic rings. The van der Waals surface area contributed by atoms with Gasteiger partial charge in [0, 0.05) is 43.9 Å². The van der Waals surface area contributed by atoms with Gasteiger partial charge < -0.3 is 9.47 Å². The summed E-state index contributed by atoms with van der Waals surface area (Å²) in [5, 5.41) is 1.39. The van der Waals surface area contributed by atoms with Gasteiger partial charge in [0.15, 0.2) is 0 Å². The lowest BCUT2D eigenvalue weighted by molar-refractivity contribution is 0.162. The van der Waals surface area contributed by atoms with E-state index in [9.17, 15) is 0 Å². The van der Waals surface area contributed by atoms with Crippen molar-refractivity contribution in [3.8, 4) is 0 Å². The molecule has 2 aromatic rings. The Labute approximate surface area is 127 Å². The van der Waals surface area contributed by atoms with Crippen LogP contribution in [0.1, 0.15) is 25.0 Å². The third kappa shape index (κ3) is 2.72. The molecule has 112 valence electrons. The fraction of sp³-hybridized carbons (Fsp3) is 0.556. The summed E-state index contributed by atoms with van der Waals surface area (Å²) in [5.41, 5.74) is 2.89. The number of rotatable bonds is 3. The predicted molar refractivity (Wildman–Crippen MR) is 87.5 cm³/mol. The predicted octanol–water partition coefficient (Wildman–Crippen LogP) is 2.94. The zero-order chi connectivity index (χ0) is 14.1. The van der Waals surface area contributed by atoms with Crippen LogP contribution >= 0.6 is 0 Å². The van der Waals surface area contributed by atoms with Crippen molar-refractivity contribution in [3.05, 3.63) is 36.0 Å². The van der Waals surface area contributed by atoms with E-state index < -0.39 is 0 Å². The fourth-order valence-electron chi connectivity index (χ4n) is 3.87. The fourth-order valence-corrected chi connectivity index (χ4v) is 3.87. The minimum Gasteiger partial charge on any atom is -0.342 e. The molecule has 3 heteroatoms. The van der Waals surface area contributed by atoms with Crippen LogP contribution in [0.25, 0.3) is 10.9 Å². The molecule has 0 unspecified atom stereocenters. The van der Waals surface area contributed by atoms with Crippen molar-refractivity contribution in [1.82, 2.24) is 14.4 Å². The summed E-state index contributed by atoms with van der Waals surface area (Å²) >= 11 is 0. The van der Waals surface area contributed by atoms with Crippen LogP contribution in [0.5, 0.6) is 0 Å². The molecule has 3 heterocycles. The number of para-hydroxylation sites is 1. The normalized spacial score (nSPS) is 20.8. The average Bonchev–Trinajstić information content (AvgIpc) is 2.91. The highest BCUT2D eigenvalue weighted by Crippen LogP contribution is 2.23. The van der Waals surface area contributed by atoms with Crippen molar-refractivity contribution < 1.29 is 0 Å². The van der Waals surface area contributed by atoms with E-state index in [1.165, 1.54) is 68.6 Å². The first kappa shape index (κ1) is 13.4. The maximum absolute atomic E-state index is 2.65. The summed E-state index contributed by atoms with van der Waals surface area (Å²) in [6.07, 6.45) is 4.22. The first-order valence-electron chi connectivity index (χ1n) is 8.42. The van der Waals surface area contributed by atoms with E-state index in [-0.39, 0.29) is 0 Å². The zero-order valence-corrected chi connectivity index (χ0v) is 12.8. The van der Waals surface area contributed by atoms with Crippen LogP contribution in [0.15, 0.2) is 30.3 Å². The highest BCUT2D eigenvalue weighted by molar-refractivity contribution is 5.81. The second-order valence-corrected chi connectivity index (χ2v) is 6.52. The van der Waals surface area contributed by atoms with Gasteiger partial charge in [0.25, 0.3) is 0 Å². The number of likely N-dealkylation sites (tertiary alicyclic amines) is 1. The molecule has 0 aliphatic carbocycles. The molecular weight excluding hydrogens is 258 g/mol.